The van der Waals surface area contributed by atoms with Crippen LogP contribution in [-0.2, 0) is 0 Å². The molecule has 0 radical (unpaired) electrons. The summed E-state index contributed by atoms with van der Waals surface area (Å²) in [5.41, 5.74) is 4.86. The van der Waals surface area contributed by atoms with Gasteiger partial charge in [-0.1, -0.05) is 30.3 Å². The fourth-order valence-corrected chi connectivity index (χ4v) is 4.55. The van der Waals surface area contributed by atoms with Crippen molar-refractivity contribution in [1.82, 2.24) is 0 Å². The van der Waals surface area contributed by atoms with Gasteiger partial charge < -0.3 is 0 Å². The summed E-state index contributed by atoms with van der Waals surface area (Å²) < 4.78 is 28.0. The second-order valence-corrected chi connectivity index (χ2v) is 8.05. The van der Waals surface area contributed by atoms with Crippen molar-refractivity contribution in [1.29, 1.82) is 10.5 Å². The molecule has 4 nitrogen and oxygen atoms in total. The Morgan fingerprint density at radius 1 is 0.694 bits per heavy atom. The van der Waals surface area contributed by atoms with Gasteiger partial charge in [0.15, 0.2) is 5.69 Å². The van der Waals surface area contributed by atoms with E-state index in [1.54, 1.807) is 42.5 Å². The molecule has 1 aliphatic carbocycles. The third kappa shape index (κ3) is 3.48. The number of hydrogen-bond acceptors (Lipinski definition) is 2. The maximum Gasteiger partial charge on any atom is 0.270 e. The molecule has 6 heteroatoms. The number of rotatable bonds is 2. The Morgan fingerprint density at radius 3 is 1.81 bits per heavy atom. The molecule has 0 atom stereocenters. The largest absolute Gasteiger partial charge is 0.270 e. The Labute approximate surface area is 205 Å². The first-order valence-electron chi connectivity index (χ1n) is 10.7. The molecule has 0 bridgehead atoms. The van der Waals surface area contributed by atoms with Crippen LogP contribution in [0.25, 0.3) is 48.6 Å². The summed E-state index contributed by atoms with van der Waals surface area (Å²) in [5.74, 6) is -0.920. The van der Waals surface area contributed by atoms with E-state index in [0.29, 0.717) is 50.1 Å². The maximum absolute atomic E-state index is 14.0. The molecule has 0 aliphatic heterocycles. The van der Waals surface area contributed by atoms with Gasteiger partial charge in [-0.2, -0.15) is 5.26 Å². The quantitative estimate of drug-likeness (QED) is 0.196. The van der Waals surface area contributed by atoms with Crippen LogP contribution in [0.3, 0.4) is 0 Å². The molecule has 166 valence electrons. The number of allylic oxidation sites excluding steroid dienone is 1. The Hall–Kier alpha value is -5.56. The van der Waals surface area contributed by atoms with Crippen molar-refractivity contribution < 1.29 is 8.78 Å². The van der Waals surface area contributed by atoms with Crippen molar-refractivity contribution in [3.05, 3.63) is 130 Å². The molecule has 0 aromatic heterocycles. The predicted octanol–water partition coefficient (Wildman–Crippen LogP) is 7.90. The van der Waals surface area contributed by atoms with Crippen LogP contribution >= 0.6 is 0 Å². The summed E-state index contributed by atoms with van der Waals surface area (Å²) in [6.07, 6.45) is 0. The highest BCUT2D eigenvalue weighted by molar-refractivity contribution is 6.07. The molecule has 5 rings (SSSR count). The number of nitrogens with zero attached hydrogens (tertiary/aromatic N) is 4. The fraction of sp³-hybridized carbons (Fsp3) is 0. The van der Waals surface area contributed by atoms with Crippen LogP contribution in [0.4, 0.5) is 14.5 Å². The van der Waals surface area contributed by atoms with Crippen molar-refractivity contribution in [3.63, 3.8) is 0 Å². The Kier molecular flexibility index (Phi) is 5.35. The van der Waals surface area contributed by atoms with Gasteiger partial charge in [-0.3, -0.25) is 0 Å². The molecule has 0 saturated heterocycles. The molecule has 4 aromatic carbocycles. The summed E-state index contributed by atoms with van der Waals surface area (Å²) >= 11 is 0. The predicted molar refractivity (Wildman–Crippen MR) is 132 cm³/mol. The topological polar surface area (TPSA) is 56.3 Å². The zero-order valence-electron chi connectivity index (χ0n) is 18.5. The van der Waals surface area contributed by atoms with Crippen LogP contribution in [0.2, 0.25) is 0 Å². The average molecular weight is 466 g/mol. The smallest absolute Gasteiger partial charge is 0.237 e. The highest BCUT2D eigenvalue weighted by Gasteiger charge is 2.30. The lowest BCUT2D eigenvalue weighted by Crippen LogP contribution is -1.91. The molecule has 4 aromatic rings. The van der Waals surface area contributed by atoms with Gasteiger partial charge in [0.25, 0.3) is 5.70 Å². The summed E-state index contributed by atoms with van der Waals surface area (Å²) in [6, 6.07) is 22.4. The first-order chi connectivity index (χ1) is 17.5. The lowest BCUT2D eigenvalue weighted by atomic mass is 9.93. The van der Waals surface area contributed by atoms with Crippen molar-refractivity contribution in [2.75, 3.05) is 0 Å². The highest BCUT2D eigenvalue weighted by Crippen LogP contribution is 2.51. The van der Waals surface area contributed by atoms with Crippen molar-refractivity contribution in [3.8, 4) is 45.5 Å². The zero-order chi connectivity index (χ0) is 25.4. The maximum atomic E-state index is 14.0. The second-order valence-electron chi connectivity index (χ2n) is 8.05. The van der Waals surface area contributed by atoms with E-state index in [9.17, 15) is 19.3 Å². The van der Waals surface area contributed by atoms with E-state index in [1.165, 1.54) is 30.3 Å². The Bertz CT molecular complexity index is 1670. The summed E-state index contributed by atoms with van der Waals surface area (Å²) in [4.78, 5) is 7.06. The first-order valence-corrected chi connectivity index (χ1v) is 10.7. The van der Waals surface area contributed by atoms with Crippen LogP contribution < -0.4 is 0 Å². The van der Waals surface area contributed by atoms with Gasteiger partial charge in [0.1, 0.15) is 11.6 Å². The van der Waals surface area contributed by atoms with E-state index < -0.39 is 11.6 Å². The Balaban J connectivity index is 1.86. The molecule has 0 saturated carbocycles. The van der Waals surface area contributed by atoms with Gasteiger partial charge in [-0.25, -0.2) is 23.7 Å². The zero-order valence-corrected chi connectivity index (χ0v) is 18.5. The molecule has 0 spiro atoms. The van der Waals surface area contributed by atoms with Crippen molar-refractivity contribution in [2.24, 2.45) is 0 Å². The van der Waals surface area contributed by atoms with Crippen LogP contribution in [0.1, 0.15) is 16.7 Å². The van der Waals surface area contributed by atoms with Gasteiger partial charge in [0.05, 0.1) is 30.8 Å². The highest BCUT2D eigenvalue weighted by atomic mass is 19.1. The van der Waals surface area contributed by atoms with Crippen molar-refractivity contribution >= 4 is 11.3 Å². The minimum absolute atomic E-state index is 0.161. The molecule has 0 unspecified atom stereocenters. The monoisotopic (exact) mass is 466 g/mol. The number of benzene rings is 4. The first kappa shape index (κ1) is 22.2. The normalized spacial score (nSPS) is 12.4. The van der Waals surface area contributed by atoms with Crippen LogP contribution in [-0.4, -0.2) is 0 Å². The third-order valence-corrected chi connectivity index (χ3v) is 6.09. The fourth-order valence-electron chi connectivity index (χ4n) is 4.55. The van der Waals surface area contributed by atoms with Gasteiger partial charge in [-0.15, -0.1) is 0 Å². The lowest BCUT2D eigenvalue weighted by Gasteiger charge is -2.10. The van der Waals surface area contributed by atoms with E-state index in [-0.39, 0.29) is 16.9 Å². The molecular weight excluding hydrogens is 454 g/mol. The number of fused-ring (bicyclic) bond motifs is 3. The van der Waals surface area contributed by atoms with E-state index in [0.717, 1.165) is 0 Å². The van der Waals surface area contributed by atoms with Gasteiger partial charge in [0, 0.05) is 11.1 Å². The molecule has 0 heterocycles. The number of halogens is 2. The number of hydrogen-bond donors (Lipinski definition) is 0. The van der Waals surface area contributed by atoms with Crippen LogP contribution in [0.15, 0.2) is 78.5 Å². The summed E-state index contributed by atoms with van der Waals surface area (Å²) in [6.45, 7) is 15.3. The lowest BCUT2D eigenvalue weighted by molar-refractivity contribution is 0.628. The summed E-state index contributed by atoms with van der Waals surface area (Å²) in [5, 5.41) is 19.6. The minimum Gasteiger partial charge on any atom is -0.237 e. The molecule has 1 aliphatic rings. The van der Waals surface area contributed by atoms with Gasteiger partial charge in [0.2, 0.25) is 0 Å². The molecule has 36 heavy (non-hydrogen) atoms. The van der Waals surface area contributed by atoms with Crippen LogP contribution in [0, 0.1) is 47.4 Å². The van der Waals surface area contributed by atoms with E-state index in [1.807, 2.05) is 6.07 Å². The molecular formula is C30H12F2N4. The van der Waals surface area contributed by atoms with Crippen molar-refractivity contribution in [2.45, 2.75) is 0 Å². The second kappa shape index (κ2) is 8.66. The van der Waals surface area contributed by atoms with Crippen LogP contribution in [0.5, 0.6) is 0 Å². The van der Waals surface area contributed by atoms with E-state index in [4.69, 9.17) is 13.1 Å². The molecule has 0 amide bonds. The molecule has 0 fully saturated rings. The summed E-state index contributed by atoms with van der Waals surface area (Å²) in [7, 11) is 0. The average Bonchev–Trinajstić information content (AvgIpc) is 3.20. The number of nitriles is 2. The van der Waals surface area contributed by atoms with Gasteiger partial charge in [-0.05, 0) is 81.4 Å². The van der Waals surface area contributed by atoms with Gasteiger partial charge >= 0.3 is 0 Å². The third-order valence-electron chi connectivity index (χ3n) is 6.09. The molecule has 0 N–H and O–H groups in total. The van der Waals surface area contributed by atoms with E-state index >= 15 is 0 Å². The standard InChI is InChI=1S/C30H12F2N4/c1-35-28-14-25-24-11-19(15-33)22(17-5-3-7-20(31)9-17)12-26(24)30(29(16-34)36-2)27(25)13-23(28)18-6-4-8-21(32)10-18/h3-14H/b30-29-. The van der Waals surface area contributed by atoms with E-state index in [2.05, 4.69) is 15.8 Å². The Morgan fingerprint density at radius 2 is 1.28 bits per heavy atom. The minimum atomic E-state index is -0.462. The SMILES string of the molecule is [C-]#[N+]/C(C#N)=C1/c2cc(-c3cccc(F)c3)c(C#N)cc2-c2cc([N+]#[C-])c(-c3cccc(F)c3)cc21.